The fourth-order valence-corrected chi connectivity index (χ4v) is 5.24. The Balaban J connectivity index is 2.02. The molecule has 0 saturated heterocycles. The summed E-state index contributed by atoms with van der Waals surface area (Å²) in [5.74, 6) is 0.756. The number of hydrogen-bond donors (Lipinski definition) is 1. The quantitative estimate of drug-likeness (QED) is 0.374. The summed E-state index contributed by atoms with van der Waals surface area (Å²) >= 11 is 0. The monoisotopic (exact) mass is 415 g/mol. The maximum Gasteiger partial charge on any atom is 0.412 e. The van der Waals surface area contributed by atoms with E-state index in [0.717, 1.165) is 31.4 Å². The van der Waals surface area contributed by atoms with Gasteiger partial charge in [0.15, 0.2) is 0 Å². The van der Waals surface area contributed by atoms with Crippen LogP contribution < -0.4 is 10.1 Å². The van der Waals surface area contributed by atoms with Gasteiger partial charge in [-0.15, -0.1) is 0 Å². The lowest BCUT2D eigenvalue weighted by atomic mass is 9.64. The van der Waals surface area contributed by atoms with Gasteiger partial charge in [0.25, 0.3) is 0 Å². The van der Waals surface area contributed by atoms with Crippen LogP contribution in [0.2, 0.25) is 0 Å². The van der Waals surface area contributed by atoms with Gasteiger partial charge < -0.3 is 10.1 Å². The molecule has 1 aliphatic carbocycles. The van der Waals surface area contributed by atoms with Crippen molar-refractivity contribution in [1.29, 1.82) is 0 Å². The molecule has 0 aromatic heterocycles. The lowest BCUT2D eigenvalue weighted by molar-refractivity contribution is 0.0969. The van der Waals surface area contributed by atoms with Crippen LogP contribution in [-0.4, -0.2) is 12.6 Å². The van der Waals surface area contributed by atoms with Gasteiger partial charge in [-0.2, -0.15) is 0 Å². The molecule has 1 unspecified atom stereocenters. The molecule has 1 fully saturated rings. The van der Waals surface area contributed by atoms with Crippen molar-refractivity contribution in [2.75, 3.05) is 6.54 Å². The van der Waals surface area contributed by atoms with Crippen LogP contribution in [0, 0.1) is 10.8 Å². The van der Waals surface area contributed by atoms with Gasteiger partial charge in [0.05, 0.1) is 0 Å². The van der Waals surface area contributed by atoms with Crippen molar-refractivity contribution in [3.05, 3.63) is 29.3 Å². The Morgan fingerprint density at radius 2 is 1.70 bits per heavy atom. The van der Waals surface area contributed by atoms with Gasteiger partial charge >= 0.3 is 6.09 Å². The van der Waals surface area contributed by atoms with Crippen LogP contribution >= 0.6 is 0 Å². The van der Waals surface area contributed by atoms with Crippen molar-refractivity contribution < 1.29 is 9.53 Å². The van der Waals surface area contributed by atoms with E-state index in [9.17, 15) is 4.79 Å². The smallest absolute Gasteiger partial charge is 0.410 e. The first-order chi connectivity index (χ1) is 14.3. The molecule has 0 bridgehead atoms. The fraction of sp³-hybridized carbons (Fsp3) is 0.741. The van der Waals surface area contributed by atoms with Gasteiger partial charge in [-0.3, -0.25) is 0 Å². The Morgan fingerprint density at radius 3 is 2.37 bits per heavy atom. The zero-order chi connectivity index (χ0) is 22.0. The molecule has 1 amide bonds. The van der Waals surface area contributed by atoms with Crippen LogP contribution in [0.25, 0.3) is 0 Å². The van der Waals surface area contributed by atoms with Crippen molar-refractivity contribution in [3.63, 3.8) is 0 Å². The predicted octanol–water partition coefficient (Wildman–Crippen LogP) is 7.85. The van der Waals surface area contributed by atoms with E-state index in [1.165, 1.54) is 62.5 Å². The Kier molecular flexibility index (Phi) is 9.71. The van der Waals surface area contributed by atoms with E-state index in [1.807, 2.05) is 12.1 Å². The Hall–Kier alpha value is -1.51. The molecule has 2 rings (SSSR count). The van der Waals surface area contributed by atoms with Gasteiger partial charge in [0.1, 0.15) is 5.75 Å². The molecule has 1 aromatic carbocycles. The number of ether oxygens (including phenoxy) is 1. The number of amides is 1. The molecule has 0 radical (unpaired) electrons. The second-order valence-electron chi connectivity index (χ2n) is 10.6. The van der Waals surface area contributed by atoms with Gasteiger partial charge in [0.2, 0.25) is 0 Å². The van der Waals surface area contributed by atoms with Crippen molar-refractivity contribution in [2.24, 2.45) is 10.8 Å². The highest BCUT2D eigenvalue weighted by molar-refractivity contribution is 5.71. The molecule has 3 heteroatoms. The maximum atomic E-state index is 12.7. The number of nitrogens with one attached hydrogen (secondary N) is 1. The minimum Gasteiger partial charge on any atom is -0.410 e. The lowest BCUT2D eigenvalue weighted by Gasteiger charge is -2.42. The third-order valence-corrected chi connectivity index (χ3v) is 6.71. The molecule has 1 saturated carbocycles. The molecule has 1 atom stereocenters. The Bertz CT molecular complexity index is 667. The van der Waals surface area contributed by atoms with E-state index in [-0.39, 0.29) is 11.5 Å². The SMILES string of the molecule is CCCCCc1cccc(OC(=O)NCC2(C)CCCC(C)(C)C2)c1CCCCC. The molecule has 0 heterocycles. The normalized spacial score (nSPS) is 20.7. The highest BCUT2D eigenvalue weighted by atomic mass is 16.6. The summed E-state index contributed by atoms with van der Waals surface area (Å²) in [6.45, 7) is 12.1. The van der Waals surface area contributed by atoms with Crippen molar-refractivity contribution in [2.45, 2.75) is 112 Å². The summed E-state index contributed by atoms with van der Waals surface area (Å²) in [4.78, 5) is 12.7. The van der Waals surface area contributed by atoms with Crippen LogP contribution in [0.1, 0.15) is 110 Å². The molecule has 0 aliphatic heterocycles. The van der Waals surface area contributed by atoms with Gasteiger partial charge in [-0.05, 0) is 73.0 Å². The number of aryl methyl sites for hydroxylation is 1. The largest absolute Gasteiger partial charge is 0.412 e. The summed E-state index contributed by atoms with van der Waals surface area (Å²) in [5.41, 5.74) is 3.11. The molecule has 1 aromatic rings. The number of carbonyl (C=O) groups is 1. The van der Waals surface area contributed by atoms with E-state index in [0.29, 0.717) is 12.0 Å². The number of hydrogen-bond acceptors (Lipinski definition) is 2. The molecule has 170 valence electrons. The van der Waals surface area contributed by atoms with E-state index < -0.39 is 0 Å². The summed E-state index contributed by atoms with van der Waals surface area (Å²) in [7, 11) is 0. The van der Waals surface area contributed by atoms with Crippen LogP contribution in [0.3, 0.4) is 0 Å². The second kappa shape index (κ2) is 11.8. The topological polar surface area (TPSA) is 38.3 Å². The number of benzene rings is 1. The van der Waals surface area contributed by atoms with Crippen LogP contribution in [0.4, 0.5) is 4.79 Å². The minimum absolute atomic E-state index is 0.159. The fourth-order valence-electron chi connectivity index (χ4n) is 5.24. The number of unbranched alkanes of at least 4 members (excludes halogenated alkanes) is 4. The van der Waals surface area contributed by atoms with Crippen LogP contribution in [0.5, 0.6) is 5.75 Å². The second-order valence-corrected chi connectivity index (χ2v) is 10.6. The van der Waals surface area contributed by atoms with Gasteiger partial charge in [0, 0.05) is 6.54 Å². The first-order valence-electron chi connectivity index (χ1n) is 12.3. The van der Waals surface area contributed by atoms with Crippen molar-refractivity contribution >= 4 is 6.09 Å². The van der Waals surface area contributed by atoms with Gasteiger partial charge in [-0.25, -0.2) is 4.79 Å². The molecule has 1 N–H and O–H groups in total. The van der Waals surface area contributed by atoms with E-state index in [4.69, 9.17) is 4.74 Å². The zero-order valence-corrected chi connectivity index (χ0v) is 20.2. The summed E-state index contributed by atoms with van der Waals surface area (Å²) in [6.07, 6.45) is 13.8. The molecular weight excluding hydrogens is 370 g/mol. The first-order valence-corrected chi connectivity index (χ1v) is 12.3. The van der Waals surface area contributed by atoms with Crippen LogP contribution in [-0.2, 0) is 12.8 Å². The van der Waals surface area contributed by atoms with Crippen molar-refractivity contribution in [1.82, 2.24) is 5.32 Å². The molecule has 0 spiro atoms. The van der Waals surface area contributed by atoms with Crippen molar-refractivity contribution in [3.8, 4) is 5.75 Å². The lowest BCUT2D eigenvalue weighted by Crippen LogP contribution is -2.41. The highest BCUT2D eigenvalue weighted by Crippen LogP contribution is 2.45. The third kappa shape index (κ3) is 7.96. The van der Waals surface area contributed by atoms with E-state index >= 15 is 0 Å². The number of carbonyl (C=O) groups excluding carboxylic acids is 1. The summed E-state index contributed by atoms with van der Waals surface area (Å²) in [6, 6.07) is 6.22. The van der Waals surface area contributed by atoms with E-state index in [1.54, 1.807) is 0 Å². The van der Waals surface area contributed by atoms with Crippen LogP contribution in [0.15, 0.2) is 18.2 Å². The molecular formula is C27H45NO2. The Labute approximate surface area is 185 Å². The minimum atomic E-state index is -0.304. The highest BCUT2D eigenvalue weighted by Gasteiger charge is 2.36. The summed E-state index contributed by atoms with van der Waals surface area (Å²) < 4.78 is 5.86. The Morgan fingerprint density at radius 1 is 1.00 bits per heavy atom. The number of rotatable bonds is 11. The zero-order valence-electron chi connectivity index (χ0n) is 20.2. The maximum absolute atomic E-state index is 12.7. The molecule has 1 aliphatic rings. The third-order valence-electron chi connectivity index (χ3n) is 6.71. The average Bonchev–Trinajstić information content (AvgIpc) is 2.67. The van der Waals surface area contributed by atoms with Gasteiger partial charge in [-0.1, -0.05) is 78.9 Å². The standard InChI is InChI=1S/C27H45NO2/c1-6-8-10-14-22-15-12-17-24(23(22)16-11-9-7-2)30-25(29)28-21-27(5)19-13-18-26(3,4)20-27/h12,15,17H,6-11,13-14,16,18-21H2,1-5H3,(H,28,29). The molecule has 3 nitrogen and oxygen atoms in total. The van der Waals surface area contributed by atoms with E-state index in [2.05, 4.69) is 46.0 Å². The molecule has 30 heavy (non-hydrogen) atoms. The average molecular weight is 416 g/mol. The summed E-state index contributed by atoms with van der Waals surface area (Å²) in [5, 5.41) is 3.08. The predicted molar refractivity (Wildman–Crippen MR) is 127 cm³/mol. The first kappa shape index (κ1) is 24.8.